The van der Waals surface area contributed by atoms with Gasteiger partial charge in [-0.2, -0.15) is 0 Å². The highest BCUT2D eigenvalue weighted by molar-refractivity contribution is 9.10. The van der Waals surface area contributed by atoms with Gasteiger partial charge in [-0.1, -0.05) is 13.8 Å². The highest BCUT2D eigenvalue weighted by Gasteiger charge is 2.16. The summed E-state index contributed by atoms with van der Waals surface area (Å²) < 4.78 is 5.62. The average molecular weight is 372 g/mol. The van der Waals surface area contributed by atoms with Gasteiger partial charge in [0.1, 0.15) is 0 Å². The third kappa shape index (κ3) is 6.89. The maximum Gasteiger partial charge on any atom is 0.407 e. The van der Waals surface area contributed by atoms with Crippen LogP contribution in [0.15, 0.2) is 22.9 Å². The quantitative estimate of drug-likeness (QED) is 0.771. The molecule has 1 unspecified atom stereocenters. The minimum Gasteiger partial charge on any atom is -0.450 e. The molecule has 0 radical (unpaired) electrons. The molecule has 0 bridgehead atoms. The fourth-order valence-corrected chi connectivity index (χ4v) is 2.32. The predicted molar refractivity (Wildman–Crippen MR) is 87.7 cm³/mol. The second-order valence-electron chi connectivity index (χ2n) is 5.29. The zero-order chi connectivity index (χ0) is 16.5. The maximum absolute atomic E-state index is 12.1. The lowest BCUT2D eigenvalue weighted by atomic mass is 10.0. The number of amides is 2. The molecule has 1 atom stereocenters. The minimum absolute atomic E-state index is 0.178. The van der Waals surface area contributed by atoms with E-state index in [-0.39, 0.29) is 11.9 Å². The Labute approximate surface area is 139 Å². The molecule has 1 rings (SSSR count). The molecule has 6 nitrogen and oxygen atoms in total. The first-order valence-corrected chi connectivity index (χ1v) is 8.03. The van der Waals surface area contributed by atoms with Crippen molar-refractivity contribution in [2.75, 3.05) is 13.2 Å². The molecule has 0 fully saturated rings. The molecule has 122 valence electrons. The number of alkyl carbamates (subject to hydrolysis) is 1. The SMILES string of the molecule is CCOC(=O)NC(CNC(=O)c1cncc(Br)c1)CC(C)C. The normalized spacial score (nSPS) is 11.9. The number of ether oxygens (including phenoxy) is 1. The number of carbonyl (C=O) groups excluding carboxylic acids is 2. The number of aromatic nitrogens is 1. The van der Waals surface area contributed by atoms with Crippen molar-refractivity contribution in [3.05, 3.63) is 28.5 Å². The molecule has 22 heavy (non-hydrogen) atoms. The summed E-state index contributed by atoms with van der Waals surface area (Å²) in [7, 11) is 0. The van der Waals surface area contributed by atoms with Gasteiger partial charge in [-0.25, -0.2) is 4.79 Å². The van der Waals surface area contributed by atoms with Gasteiger partial charge in [-0.15, -0.1) is 0 Å². The van der Waals surface area contributed by atoms with Crippen LogP contribution in [-0.2, 0) is 4.74 Å². The summed E-state index contributed by atoms with van der Waals surface area (Å²) in [5, 5.41) is 5.58. The van der Waals surface area contributed by atoms with Gasteiger partial charge in [-0.05, 0) is 41.3 Å². The zero-order valence-electron chi connectivity index (χ0n) is 13.1. The molecule has 1 aromatic rings. The first kappa shape index (κ1) is 18.4. The molecule has 0 spiro atoms. The summed E-state index contributed by atoms with van der Waals surface area (Å²) in [6.45, 7) is 6.51. The van der Waals surface area contributed by atoms with Crippen LogP contribution in [0.1, 0.15) is 37.6 Å². The smallest absolute Gasteiger partial charge is 0.407 e. The number of hydrogen-bond acceptors (Lipinski definition) is 4. The Bertz CT molecular complexity index is 509. The number of nitrogens with zero attached hydrogens (tertiary/aromatic N) is 1. The van der Waals surface area contributed by atoms with Gasteiger partial charge in [-0.3, -0.25) is 9.78 Å². The van der Waals surface area contributed by atoms with Crippen molar-refractivity contribution in [2.45, 2.75) is 33.2 Å². The molecule has 7 heteroatoms. The van der Waals surface area contributed by atoms with Crippen LogP contribution in [-0.4, -0.2) is 36.2 Å². The van der Waals surface area contributed by atoms with Crippen molar-refractivity contribution in [1.82, 2.24) is 15.6 Å². The summed E-state index contributed by atoms with van der Waals surface area (Å²) >= 11 is 3.28. The van der Waals surface area contributed by atoms with Crippen LogP contribution < -0.4 is 10.6 Å². The van der Waals surface area contributed by atoms with Crippen LogP contribution in [0.3, 0.4) is 0 Å². The molecule has 2 amide bonds. The largest absolute Gasteiger partial charge is 0.450 e. The lowest BCUT2D eigenvalue weighted by molar-refractivity contribution is 0.0944. The Morgan fingerprint density at radius 1 is 1.36 bits per heavy atom. The fraction of sp³-hybridized carbons (Fsp3) is 0.533. The summed E-state index contributed by atoms with van der Waals surface area (Å²) in [6.07, 6.45) is 3.39. The number of carbonyl (C=O) groups is 2. The molecule has 0 aliphatic rings. The highest BCUT2D eigenvalue weighted by Crippen LogP contribution is 2.10. The predicted octanol–water partition coefficient (Wildman–Crippen LogP) is 2.73. The van der Waals surface area contributed by atoms with Gasteiger partial charge in [0.2, 0.25) is 0 Å². The Morgan fingerprint density at radius 3 is 2.68 bits per heavy atom. The van der Waals surface area contributed by atoms with Gasteiger partial charge >= 0.3 is 6.09 Å². The molecule has 2 N–H and O–H groups in total. The number of hydrogen-bond donors (Lipinski definition) is 2. The van der Waals surface area contributed by atoms with E-state index in [1.165, 1.54) is 6.20 Å². The Kier molecular flexibility index (Phi) is 7.87. The molecular formula is C15H22BrN3O3. The third-order valence-corrected chi connectivity index (χ3v) is 3.26. The van der Waals surface area contributed by atoms with E-state index in [0.29, 0.717) is 24.6 Å². The second-order valence-corrected chi connectivity index (χ2v) is 6.21. The van der Waals surface area contributed by atoms with Crippen molar-refractivity contribution in [2.24, 2.45) is 5.92 Å². The number of halogens is 1. The van der Waals surface area contributed by atoms with Crippen molar-refractivity contribution < 1.29 is 14.3 Å². The van der Waals surface area contributed by atoms with Crippen molar-refractivity contribution in [3.8, 4) is 0 Å². The molecule has 0 aliphatic heterocycles. The number of pyridine rings is 1. The van der Waals surface area contributed by atoms with Crippen LogP contribution in [0, 0.1) is 5.92 Å². The van der Waals surface area contributed by atoms with Crippen LogP contribution >= 0.6 is 15.9 Å². The van der Waals surface area contributed by atoms with Crippen LogP contribution in [0.25, 0.3) is 0 Å². The van der Waals surface area contributed by atoms with E-state index >= 15 is 0 Å². The van der Waals surface area contributed by atoms with E-state index in [1.54, 1.807) is 19.2 Å². The lowest BCUT2D eigenvalue weighted by Crippen LogP contribution is -2.44. The van der Waals surface area contributed by atoms with Gasteiger partial charge in [0.05, 0.1) is 12.2 Å². The van der Waals surface area contributed by atoms with E-state index in [9.17, 15) is 9.59 Å². The average Bonchev–Trinajstić information content (AvgIpc) is 2.44. The lowest BCUT2D eigenvalue weighted by Gasteiger charge is -2.20. The third-order valence-electron chi connectivity index (χ3n) is 2.83. The fourth-order valence-electron chi connectivity index (χ4n) is 1.96. The first-order chi connectivity index (χ1) is 10.4. The summed E-state index contributed by atoms with van der Waals surface area (Å²) in [4.78, 5) is 27.6. The Morgan fingerprint density at radius 2 is 2.09 bits per heavy atom. The van der Waals surface area contributed by atoms with E-state index < -0.39 is 6.09 Å². The van der Waals surface area contributed by atoms with E-state index in [0.717, 1.165) is 10.9 Å². The summed E-state index contributed by atoms with van der Waals surface area (Å²) in [5.74, 6) is 0.157. The van der Waals surface area contributed by atoms with Crippen molar-refractivity contribution in [1.29, 1.82) is 0 Å². The summed E-state index contributed by atoms with van der Waals surface area (Å²) in [5.41, 5.74) is 0.466. The van der Waals surface area contributed by atoms with Crippen molar-refractivity contribution in [3.63, 3.8) is 0 Å². The standard InChI is InChI=1S/C15H22BrN3O3/c1-4-22-15(21)19-13(5-10(2)3)9-18-14(20)11-6-12(16)8-17-7-11/h6-8,10,13H,4-5,9H2,1-3H3,(H,18,20)(H,19,21). The van der Waals surface area contributed by atoms with E-state index in [1.807, 2.05) is 0 Å². The molecule has 0 saturated carbocycles. The van der Waals surface area contributed by atoms with Crippen LogP contribution in [0.2, 0.25) is 0 Å². The van der Waals surface area contributed by atoms with Gasteiger partial charge < -0.3 is 15.4 Å². The molecule has 1 aromatic heterocycles. The Balaban J connectivity index is 2.58. The maximum atomic E-state index is 12.1. The topological polar surface area (TPSA) is 80.3 Å². The van der Waals surface area contributed by atoms with E-state index in [2.05, 4.69) is 45.4 Å². The number of nitrogens with one attached hydrogen (secondary N) is 2. The zero-order valence-corrected chi connectivity index (χ0v) is 14.6. The summed E-state index contributed by atoms with van der Waals surface area (Å²) in [6, 6.07) is 1.52. The van der Waals surface area contributed by atoms with Crippen LogP contribution in [0.5, 0.6) is 0 Å². The first-order valence-electron chi connectivity index (χ1n) is 7.24. The van der Waals surface area contributed by atoms with E-state index in [4.69, 9.17) is 4.74 Å². The second kappa shape index (κ2) is 9.40. The number of rotatable bonds is 7. The molecular weight excluding hydrogens is 350 g/mol. The molecule has 0 aromatic carbocycles. The molecule has 0 saturated heterocycles. The van der Waals surface area contributed by atoms with Gasteiger partial charge in [0.15, 0.2) is 0 Å². The van der Waals surface area contributed by atoms with Gasteiger partial charge in [0, 0.05) is 29.5 Å². The van der Waals surface area contributed by atoms with Crippen LogP contribution in [0.4, 0.5) is 4.79 Å². The van der Waals surface area contributed by atoms with Crippen molar-refractivity contribution >= 4 is 27.9 Å². The van der Waals surface area contributed by atoms with Gasteiger partial charge in [0.25, 0.3) is 5.91 Å². The highest BCUT2D eigenvalue weighted by atomic mass is 79.9. The monoisotopic (exact) mass is 371 g/mol. The minimum atomic E-state index is -0.466. The Hall–Kier alpha value is -1.63. The molecule has 1 heterocycles. The molecule has 0 aliphatic carbocycles.